The number of hydrogen-bond donors (Lipinski definition) is 0. The Hall–Kier alpha value is -2.29. The van der Waals surface area contributed by atoms with Gasteiger partial charge < -0.3 is 9.47 Å². The Kier molecular flexibility index (Phi) is 4.42. The van der Waals surface area contributed by atoms with E-state index in [0.29, 0.717) is 12.3 Å². The number of ketones is 1. The molecule has 0 aliphatic heterocycles. The maximum absolute atomic E-state index is 12.3. The molecule has 0 saturated heterocycles. The molecule has 0 spiro atoms. The van der Waals surface area contributed by atoms with Crippen molar-refractivity contribution in [3.63, 3.8) is 0 Å². The van der Waals surface area contributed by atoms with Crippen molar-refractivity contribution in [3.8, 4) is 11.5 Å². The predicted octanol–water partition coefficient (Wildman–Crippen LogP) is 3.91. The van der Waals surface area contributed by atoms with Crippen LogP contribution >= 0.6 is 0 Å². The highest BCUT2D eigenvalue weighted by Crippen LogP contribution is 2.33. The Labute approximate surface area is 130 Å². The molecule has 3 nitrogen and oxygen atoms in total. The first-order valence-electron chi connectivity index (χ1n) is 7.64. The van der Waals surface area contributed by atoms with Crippen LogP contribution in [0, 0.1) is 5.92 Å². The molecule has 3 heteroatoms. The van der Waals surface area contributed by atoms with Gasteiger partial charge in [0.1, 0.15) is 0 Å². The van der Waals surface area contributed by atoms with Gasteiger partial charge in [-0.3, -0.25) is 4.79 Å². The fourth-order valence-electron chi connectivity index (χ4n) is 2.35. The van der Waals surface area contributed by atoms with Gasteiger partial charge >= 0.3 is 0 Å². The first-order chi connectivity index (χ1) is 10.8. The monoisotopic (exact) mass is 296 g/mol. The van der Waals surface area contributed by atoms with E-state index >= 15 is 0 Å². The van der Waals surface area contributed by atoms with Crippen LogP contribution in [0.3, 0.4) is 0 Å². The average molecular weight is 296 g/mol. The van der Waals surface area contributed by atoms with Crippen molar-refractivity contribution in [2.75, 3.05) is 13.7 Å². The van der Waals surface area contributed by atoms with E-state index in [4.69, 9.17) is 9.47 Å². The first kappa shape index (κ1) is 14.6. The Morgan fingerprint density at radius 2 is 1.86 bits per heavy atom. The Balaban J connectivity index is 1.72. The van der Waals surface area contributed by atoms with Crippen molar-refractivity contribution in [1.29, 1.82) is 0 Å². The molecule has 0 atom stereocenters. The van der Waals surface area contributed by atoms with Gasteiger partial charge in [0, 0.05) is 12.0 Å². The van der Waals surface area contributed by atoms with Crippen LogP contribution < -0.4 is 9.47 Å². The fraction of sp³-hybridized carbons (Fsp3) is 0.316. The minimum absolute atomic E-state index is 0.110. The summed E-state index contributed by atoms with van der Waals surface area (Å²) in [7, 11) is 1.63. The third-order valence-electron chi connectivity index (χ3n) is 3.86. The van der Waals surface area contributed by atoms with E-state index in [1.807, 2.05) is 48.5 Å². The number of methoxy groups -OCH3 is 1. The molecular formula is C19H20O3. The maximum atomic E-state index is 12.3. The summed E-state index contributed by atoms with van der Waals surface area (Å²) in [6.07, 6.45) is 2.86. The van der Waals surface area contributed by atoms with Crippen molar-refractivity contribution >= 4 is 5.78 Å². The number of rotatable bonds is 7. The third kappa shape index (κ3) is 3.67. The van der Waals surface area contributed by atoms with Gasteiger partial charge in [-0.15, -0.1) is 0 Å². The standard InChI is InChI=1S/C19H20O3/c1-21-18-10-9-15(12-19(18)22-13-14-7-8-14)11-17(20)16-5-3-2-4-6-16/h2-6,9-10,12,14H,7-8,11,13H2,1H3. The highest BCUT2D eigenvalue weighted by atomic mass is 16.5. The van der Waals surface area contributed by atoms with Crippen molar-refractivity contribution in [2.24, 2.45) is 5.92 Å². The summed E-state index contributed by atoms with van der Waals surface area (Å²) in [5.41, 5.74) is 1.68. The molecule has 0 bridgehead atoms. The molecule has 0 N–H and O–H groups in total. The van der Waals surface area contributed by atoms with Gasteiger partial charge in [-0.05, 0) is 36.5 Å². The Morgan fingerprint density at radius 1 is 1.09 bits per heavy atom. The van der Waals surface area contributed by atoms with E-state index < -0.39 is 0 Å². The summed E-state index contributed by atoms with van der Waals surface area (Å²) in [6, 6.07) is 15.1. The van der Waals surface area contributed by atoms with Crippen LogP contribution in [-0.2, 0) is 6.42 Å². The molecule has 0 aromatic heterocycles. The largest absolute Gasteiger partial charge is 0.493 e. The average Bonchev–Trinajstić information content (AvgIpc) is 3.38. The minimum Gasteiger partial charge on any atom is -0.493 e. The van der Waals surface area contributed by atoms with Crippen LogP contribution in [0.4, 0.5) is 0 Å². The number of benzene rings is 2. The van der Waals surface area contributed by atoms with Gasteiger partial charge in [-0.25, -0.2) is 0 Å². The summed E-state index contributed by atoms with van der Waals surface area (Å²) >= 11 is 0. The number of carbonyl (C=O) groups is 1. The quantitative estimate of drug-likeness (QED) is 0.727. The van der Waals surface area contributed by atoms with Crippen LogP contribution in [0.15, 0.2) is 48.5 Å². The molecule has 114 valence electrons. The lowest BCUT2D eigenvalue weighted by Crippen LogP contribution is -2.05. The molecule has 0 unspecified atom stereocenters. The van der Waals surface area contributed by atoms with E-state index in [1.54, 1.807) is 7.11 Å². The zero-order chi connectivity index (χ0) is 15.4. The van der Waals surface area contributed by atoms with Crippen LogP contribution in [0.2, 0.25) is 0 Å². The van der Waals surface area contributed by atoms with E-state index in [0.717, 1.165) is 29.2 Å². The zero-order valence-electron chi connectivity index (χ0n) is 12.7. The van der Waals surface area contributed by atoms with Crippen LogP contribution in [-0.4, -0.2) is 19.5 Å². The summed E-state index contributed by atoms with van der Waals surface area (Å²) in [4.78, 5) is 12.3. The lowest BCUT2D eigenvalue weighted by atomic mass is 10.0. The fourth-order valence-corrected chi connectivity index (χ4v) is 2.35. The molecule has 0 amide bonds. The molecule has 22 heavy (non-hydrogen) atoms. The van der Waals surface area contributed by atoms with Crippen molar-refractivity contribution in [3.05, 3.63) is 59.7 Å². The van der Waals surface area contributed by atoms with Gasteiger partial charge in [-0.1, -0.05) is 36.4 Å². The van der Waals surface area contributed by atoms with Gasteiger partial charge in [0.15, 0.2) is 17.3 Å². The smallest absolute Gasteiger partial charge is 0.167 e. The zero-order valence-corrected chi connectivity index (χ0v) is 12.7. The normalized spacial score (nSPS) is 13.7. The van der Waals surface area contributed by atoms with E-state index in [9.17, 15) is 4.79 Å². The second kappa shape index (κ2) is 6.65. The molecule has 1 aliphatic rings. The van der Waals surface area contributed by atoms with Crippen molar-refractivity contribution in [2.45, 2.75) is 19.3 Å². The molecular weight excluding hydrogens is 276 g/mol. The van der Waals surface area contributed by atoms with E-state index in [2.05, 4.69) is 0 Å². The van der Waals surface area contributed by atoms with Gasteiger partial charge in [-0.2, -0.15) is 0 Å². The second-order valence-electron chi connectivity index (χ2n) is 5.71. The molecule has 1 saturated carbocycles. The molecule has 0 radical (unpaired) electrons. The molecule has 1 fully saturated rings. The van der Waals surface area contributed by atoms with E-state index in [-0.39, 0.29) is 5.78 Å². The maximum Gasteiger partial charge on any atom is 0.167 e. The predicted molar refractivity (Wildman–Crippen MR) is 85.7 cm³/mol. The lowest BCUT2D eigenvalue weighted by Gasteiger charge is -2.12. The first-order valence-corrected chi connectivity index (χ1v) is 7.64. The summed E-state index contributed by atoms with van der Waals surface area (Å²) in [5.74, 6) is 2.24. The van der Waals surface area contributed by atoms with Gasteiger partial charge in [0.25, 0.3) is 0 Å². The van der Waals surface area contributed by atoms with Crippen molar-refractivity contribution in [1.82, 2.24) is 0 Å². The Morgan fingerprint density at radius 3 is 2.55 bits per heavy atom. The highest BCUT2D eigenvalue weighted by molar-refractivity contribution is 5.97. The Bertz CT molecular complexity index is 645. The van der Waals surface area contributed by atoms with Crippen LogP contribution in [0.5, 0.6) is 11.5 Å². The summed E-state index contributed by atoms with van der Waals surface area (Å²) < 4.78 is 11.2. The third-order valence-corrected chi connectivity index (χ3v) is 3.86. The number of carbonyl (C=O) groups excluding carboxylic acids is 1. The molecule has 2 aromatic rings. The summed E-state index contributed by atoms with van der Waals surface area (Å²) in [6.45, 7) is 0.729. The lowest BCUT2D eigenvalue weighted by molar-refractivity contribution is 0.0993. The van der Waals surface area contributed by atoms with Crippen LogP contribution in [0.1, 0.15) is 28.8 Å². The SMILES string of the molecule is COc1ccc(CC(=O)c2ccccc2)cc1OCC1CC1. The second-order valence-corrected chi connectivity index (χ2v) is 5.71. The number of hydrogen-bond acceptors (Lipinski definition) is 3. The minimum atomic E-state index is 0.110. The molecule has 3 rings (SSSR count). The number of ether oxygens (including phenoxy) is 2. The van der Waals surface area contributed by atoms with Gasteiger partial charge in [0.05, 0.1) is 13.7 Å². The highest BCUT2D eigenvalue weighted by Gasteiger charge is 2.22. The van der Waals surface area contributed by atoms with Crippen molar-refractivity contribution < 1.29 is 14.3 Å². The van der Waals surface area contributed by atoms with Gasteiger partial charge in [0.2, 0.25) is 0 Å². The number of Topliss-reactive ketones (excluding diaryl/α,β-unsaturated/α-hetero) is 1. The topological polar surface area (TPSA) is 35.5 Å². The molecule has 2 aromatic carbocycles. The summed E-state index contributed by atoms with van der Waals surface area (Å²) in [5, 5.41) is 0. The van der Waals surface area contributed by atoms with Crippen LogP contribution in [0.25, 0.3) is 0 Å². The molecule has 1 aliphatic carbocycles. The molecule has 0 heterocycles. The van der Waals surface area contributed by atoms with E-state index in [1.165, 1.54) is 12.8 Å².